The molecule has 4 rings (SSSR count). The third-order valence-electron chi connectivity index (χ3n) is 5.04. The van der Waals surface area contributed by atoms with E-state index >= 15 is 0 Å². The maximum atomic E-state index is 13.3. The molecule has 0 amide bonds. The average molecular weight is 409 g/mol. The van der Waals surface area contributed by atoms with E-state index in [0.717, 1.165) is 28.7 Å². The molecule has 0 aliphatic heterocycles. The van der Waals surface area contributed by atoms with Crippen molar-refractivity contribution in [3.8, 4) is 0 Å². The fourth-order valence-corrected chi connectivity index (χ4v) is 4.89. The zero-order valence-electron chi connectivity index (χ0n) is 16.3. The number of H-pyrrole nitrogens is 1. The number of benzene rings is 2. The maximum Gasteiger partial charge on any atom is 0.243 e. The number of fused-ring (bicyclic) bond motifs is 1. The smallest absolute Gasteiger partial charge is 0.243 e. The van der Waals surface area contributed by atoms with Crippen LogP contribution in [0.5, 0.6) is 0 Å². The van der Waals surface area contributed by atoms with Crippen LogP contribution in [0.25, 0.3) is 10.9 Å². The molecule has 0 saturated carbocycles. The van der Waals surface area contributed by atoms with E-state index in [-0.39, 0.29) is 6.54 Å². The number of rotatable bonds is 8. The van der Waals surface area contributed by atoms with Crippen LogP contribution in [0.15, 0.2) is 78.0 Å². The van der Waals surface area contributed by atoms with Gasteiger partial charge in [-0.25, -0.2) is 8.42 Å². The highest BCUT2D eigenvalue weighted by Crippen LogP contribution is 2.22. The van der Waals surface area contributed by atoms with E-state index in [4.69, 9.17) is 0 Å². The van der Waals surface area contributed by atoms with Gasteiger partial charge in [0.05, 0.1) is 17.1 Å². The molecule has 0 aliphatic carbocycles. The molecule has 6 nitrogen and oxygen atoms in total. The summed E-state index contributed by atoms with van der Waals surface area (Å²) in [5.41, 5.74) is 2.90. The summed E-state index contributed by atoms with van der Waals surface area (Å²) in [7, 11) is -3.63. The second kappa shape index (κ2) is 8.23. The molecule has 0 radical (unpaired) electrons. The molecule has 29 heavy (non-hydrogen) atoms. The topological polar surface area (TPSA) is 71.0 Å². The zero-order valence-corrected chi connectivity index (χ0v) is 17.1. The SMILES string of the molecule is CCn1ccc(CN(CCc2c[nH]c3ccccc23)S(=O)(=O)c2ccccc2)n1. The maximum absolute atomic E-state index is 13.3. The van der Waals surface area contributed by atoms with Gasteiger partial charge in [-0.2, -0.15) is 9.40 Å². The lowest BCUT2D eigenvalue weighted by molar-refractivity contribution is 0.403. The van der Waals surface area contributed by atoms with Gasteiger partial charge in [-0.05, 0) is 43.2 Å². The summed E-state index contributed by atoms with van der Waals surface area (Å²) in [6, 6.07) is 18.5. The van der Waals surface area contributed by atoms with Gasteiger partial charge < -0.3 is 4.98 Å². The Balaban J connectivity index is 1.62. The predicted octanol–water partition coefficient (Wildman–Crippen LogP) is 3.82. The lowest BCUT2D eigenvalue weighted by atomic mass is 10.1. The van der Waals surface area contributed by atoms with Gasteiger partial charge in [0.1, 0.15) is 0 Å². The van der Waals surface area contributed by atoms with Gasteiger partial charge >= 0.3 is 0 Å². The summed E-state index contributed by atoms with van der Waals surface area (Å²) in [4.78, 5) is 3.56. The molecule has 4 aromatic rings. The number of nitrogens with one attached hydrogen (secondary N) is 1. The van der Waals surface area contributed by atoms with Crippen LogP contribution in [0.3, 0.4) is 0 Å². The molecule has 0 atom stereocenters. The molecule has 7 heteroatoms. The predicted molar refractivity (Wildman–Crippen MR) is 114 cm³/mol. The van der Waals surface area contributed by atoms with Gasteiger partial charge in [-0.1, -0.05) is 36.4 Å². The minimum atomic E-state index is -3.63. The molecule has 2 aromatic carbocycles. The molecule has 0 fully saturated rings. The van der Waals surface area contributed by atoms with Gasteiger partial charge in [-0.3, -0.25) is 4.68 Å². The quantitative estimate of drug-likeness (QED) is 0.482. The number of aromatic amines is 1. The monoisotopic (exact) mass is 408 g/mol. The first-order valence-corrected chi connectivity index (χ1v) is 11.1. The Morgan fingerprint density at radius 1 is 1.03 bits per heavy atom. The Kier molecular flexibility index (Phi) is 5.51. The fraction of sp³-hybridized carbons (Fsp3) is 0.227. The average Bonchev–Trinajstić information content (AvgIpc) is 3.38. The molecule has 1 N–H and O–H groups in total. The first-order valence-electron chi connectivity index (χ1n) is 9.70. The highest BCUT2D eigenvalue weighted by Gasteiger charge is 2.25. The molecule has 0 bridgehead atoms. The van der Waals surface area contributed by atoms with Crippen molar-refractivity contribution < 1.29 is 8.42 Å². The molecule has 2 heterocycles. The van der Waals surface area contributed by atoms with Crippen LogP contribution in [-0.4, -0.2) is 34.0 Å². The summed E-state index contributed by atoms with van der Waals surface area (Å²) < 4.78 is 30.0. The van der Waals surface area contributed by atoms with Gasteiger partial charge in [0, 0.05) is 36.4 Å². The van der Waals surface area contributed by atoms with E-state index in [1.165, 1.54) is 4.31 Å². The highest BCUT2D eigenvalue weighted by atomic mass is 32.2. The molecule has 150 valence electrons. The first-order chi connectivity index (χ1) is 14.1. The van der Waals surface area contributed by atoms with Crippen molar-refractivity contribution in [1.82, 2.24) is 19.1 Å². The number of nitrogens with zero attached hydrogens (tertiary/aromatic N) is 3. The molecular weight excluding hydrogens is 384 g/mol. The molecule has 0 spiro atoms. The minimum Gasteiger partial charge on any atom is -0.361 e. The van der Waals surface area contributed by atoms with Crippen LogP contribution in [0, 0.1) is 0 Å². The molecule has 2 aromatic heterocycles. The summed E-state index contributed by atoms with van der Waals surface area (Å²) >= 11 is 0. The zero-order chi connectivity index (χ0) is 20.3. The summed E-state index contributed by atoms with van der Waals surface area (Å²) in [6.07, 6.45) is 4.46. The van der Waals surface area contributed by atoms with E-state index < -0.39 is 10.0 Å². The minimum absolute atomic E-state index is 0.243. The van der Waals surface area contributed by atoms with Gasteiger partial charge in [0.2, 0.25) is 10.0 Å². The van der Waals surface area contributed by atoms with Crippen LogP contribution < -0.4 is 0 Å². The fourth-order valence-electron chi connectivity index (χ4n) is 3.45. The van der Waals surface area contributed by atoms with Crippen LogP contribution in [-0.2, 0) is 29.5 Å². The first kappa shape index (κ1) is 19.4. The Labute approximate surface area is 170 Å². The number of sulfonamides is 1. The Bertz CT molecular complexity index is 1200. The summed E-state index contributed by atoms with van der Waals surface area (Å²) in [5, 5.41) is 5.60. The number of aromatic nitrogens is 3. The number of aryl methyl sites for hydroxylation is 1. The van der Waals surface area contributed by atoms with Gasteiger partial charge in [0.25, 0.3) is 0 Å². The number of para-hydroxylation sites is 1. The van der Waals surface area contributed by atoms with E-state index in [1.807, 2.05) is 54.3 Å². The highest BCUT2D eigenvalue weighted by molar-refractivity contribution is 7.89. The van der Waals surface area contributed by atoms with Crippen molar-refractivity contribution in [1.29, 1.82) is 0 Å². The van der Waals surface area contributed by atoms with Crippen molar-refractivity contribution in [3.05, 3.63) is 84.3 Å². The van der Waals surface area contributed by atoms with Crippen molar-refractivity contribution in [3.63, 3.8) is 0 Å². The normalized spacial score (nSPS) is 12.1. The summed E-state index contributed by atoms with van der Waals surface area (Å²) in [6.45, 7) is 3.37. The Morgan fingerprint density at radius 2 is 1.79 bits per heavy atom. The molecular formula is C22H24N4O2S. The molecule has 0 saturated heterocycles. The largest absolute Gasteiger partial charge is 0.361 e. The second-order valence-corrected chi connectivity index (χ2v) is 8.86. The third-order valence-corrected chi connectivity index (χ3v) is 6.90. The third kappa shape index (κ3) is 4.11. The van der Waals surface area contributed by atoms with Crippen LogP contribution in [0.4, 0.5) is 0 Å². The molecule has 0 aliphatic rings. The van der Waals surface area contributed by atoms with Crippen molar-refractivity contribution in [2.75, 3.05) is 6.54 Å². The van der Waals surface area contributed by atoms with Gasteiger partial charge in [0.15, 0.2) is 0 Å². The summed E-state index contributed by atoms with van der Waals surface area (Å²) in [5.74, 6) is 0. The lowest BCUT2D eigenvalue weighted by Crippen LogP contribution is -2.32. The number of hydrogen-bond donors (Lipinski definition) is 1. The van der Waals surface area contributed by atoms with E-state index in [1.54, 1.807) is 24.3 Å². The molecule has 0 unspecified atom stereocenters. The van der Waals surface area contributed by atoms with Crippen LogP contribution in [0.1, 0.15) is 18.2 Å². The van der Waals surface area contributed by atoms with Crippen LogP contribution in [0.2, 0.25) is 0 Å². The van der Waals surface area contributed by atoms with E-state index in [9.17, 15) is 8.42 Å². The Hall–Kier alpha value is -2.90. The van der Waals surface area contributed by atoms with E-state index in [2.05, 4.69) is 16.1 Å². The van der Waals surface area contributed by atoms with Crippen molar-refractivity contribution >= 4 is 20.9 Å². The van der Waals surface area contributed by atoms with E-state index in [0.29, 0.717) is 17.9 Å². The van der Waals surface area contributed by atoms with Crippen LogP contribution >= 0.6 is 0 Å². The standard InChI is InChI=1S/C22H24N4O2S/c1-2-25-14-13-19(24-25)17-26(29(27,28)20-8-4-3-5-9-20)15-12-18-16-23-22-11-7-6-10-21(18)22/h3-11,13-14,16,23H,2,12,15,17H2,1H3. The van der Waals surface area contributed by atoms with Crippen molar-refractivity contribution in [2.45, 2.75) is 31.3 Å². The number of hydrogen-bond acceptors (Lipinski definition) is 3. The Morgan fingerprint density at radius 3 is 2.55 bits per heavy atom. The lowest BCUT2D eigenvalue weighted by Gasteiger charge is -2.21. The van der Waals surface area contributed by atoms with Gasteiger partial charge in [-0.15, -0.1) is 0 Å². The second-order valence-electron chi connectivity index (χ2n) is 6.92. The van der Waals surface area contributed by atoms with Crippen molar-refractivity contribution in [2.24, 2.45) is 0 Å².